The zero-order chi connectivity index (χ0) is 15.5. The molecule has 4 heteroatoms. The third-order valence-corrected chi connectivity index (χ3v) is 5.35. The highest BCUT2D eigenvalue weighted by molar-refractivity contribution is 6.30. The summed E-state index contributed by atoms with van der Waals surface area (Å²) in [7, 11) is 2.00. The molecule has 1 aliphatic heterocycles. The van der Waals surface area contributed by atoms with Gasteiger partial charge in [-0.15, -0.1) is 0 Å². The van der Waals surface area contributed by atoms with Crippen molar-refractivity contribution >= 4 is 17.5 Å². The molecule has 0 spiro atoms. The Balaban J connectivity index is 1.50. The average molecular weight is 321 g/mol. The van der Waals surface area contributed by atoms with Gasteiger partial charge >= 0.3 is 0 Å². The van der Waals surface area contributed by atoms with E-state index in [4.69, 9.17) is 11.6 Å². The third-order valence-electron chi connectivity index (χ3n) is 5.11. The molecule has 1 amide bonds. The van der Waals surface area contributed by atoms with Crippen molar-refractivity contribution in [1.82, 2.24) is 10.2 Å². The van der Waals surface area contributed by atoms with Crippen molar-refractivity contribution in [3.8, 4) is 0 Å². The van der Waals surface area contributed by atoms with Crippen molar-refractivity contribution in [2.45, 2.75) is 31.6 Å². The van der Waals surface area contributed by atoms with Gasteiger partial charge in [0, 0.05) is 24.0 Å². The molecule has 2 aliphatic rings. The van der Waals surface area contributed by atoms with Gasteiger partial charge in [0.2, 0.25) is 5.91 Å². The molecule has 1 aliphatic carbocycles. The molecule has 1 saturated carbocycles. The van der Waals surface area contributed by atoms with Crippen LogP contribution in [0.1, 0.15) is 37.2 Å². The molecule has 1 aromatic carbocycles. The molecule has 22 heavy (non-hydrogen) atoms. The van der Waals surface area contributed by atoms with E-state index < -0.39 is 0 Å². The van der Waals surface area contributed by atoms with Gasteiger partial charge in [-0.25, -0.2) is 0 Å². The number of benzene rings is 1. The molecule has 1 heterocycles. The summed E-state index contributed by atoms with van der Waals surface area (Å²) in [5, 5.41) is 3.98. The van der Waals surface area contributed by atoms with E-state index in [1.807, 2.05) is 25.2 Å². The number of nitrogens with one attached hydrogen (secondary N) is 1. The molecule has 2 fully saturated rings. The summed E-state index contributed by atoms with van der Waals surface area (Å²) in [4.78, 5) is 14.7. The zero-order valence-electron chi connectivity index (χ0n) is 13.2. The summed E-state index contributed by atoms with van der Waals surface area (Å²) in [5.74, 6) is 1.71. The van der Waals surface area contributed by atoms with Gasteiger partial charge in [-0.2, -0.15) is 0 Å². The quantitative estimate of drug-likeness (QED) is 0.903. The normalized spacial score (nSPS) is 25.3. The first-order valence-electron chi connectivity index (χ1n) is 8.38. The number of carbonyl (C=O) groups excluding carboxylic acids is 1. The fraction of sp³-hybridized carbons (Fsp3) is 0.611. The summed E-state index contributed by atoms with van der Waals surface area (Å²) in [6.45, 7) is 2.95. The van der Waals surface area contributed by atoms with Crippen molar-refractivity contribution in [2.24, 2.45) is 11.8 Å². The minimum absolute atomic E-state index is 0.187. The van der Waals surface area contributed by atoms with E-state index in [2.05, 4.69) is 16.3 Å². The van der Waals surface area contributed by atoms with E-state index >= 15 is 0 Å². The van der Waals surface area contributed by atoms with Gasteiger partial charge < -0.3 is 10.2 Å². The minimum atomic E-state index is 0.187. The highest BCUT2D eigenvalue weighted by atomic mass is 35.5. The Labute approximate surface area is 138 Å². The van der Waals surface area contributed by atoms with E-state index in [0.717, 1.165) is 49.8 Å². The van der Waals surface area contributed by atoms with Crippen LogP contribution < -0.4 is 5.32 Å². The predicted molar refractivity (Wildman–Crippen MR) is 90.1 cm³/mol. The maximum Gasteiger partial charge on any atom is 0.226 e. The van der Waals surface area contributed by atoms with E-state index in [1.165, 1.54) is 12.0 Å². The number of likely N-dealkylation sites (tertiary alicyclic amines) is 1. The first-order chi connectivity index (χ1) is 10.7. The lowest BCUT2D eigenvalue weighted by Crippen LogP contribution is -2.40. The maximum absolute atomic E-state index is 12.6. The monoisotopic (exact) mass is 320 g/mol. The van der Waals surface area contributed by atoms with Crippen molar-refractivity contribution in [2.75, 3.05) is 26.7 Å². The van der Waals surface area contributed by atoms with Crippen LogP contribution in [-0.4, -0.2) is 37.5 Å². The van der Waals surface area contributed by atoms with Gasteiger partial charge in [0.05, 0.1) is 0 Å². The Hall–Kier alpha value is -1.06. The number of piperidine rings is 1. The molecular weight excluding hydrogens is 296 g/mol. The van der Waals surface area contributed by atoms with E-state index in [1.54, 1.807) is 0 Å². The van der Waals surface area contributed by atoms with Crippen LogP contribution in [0.5, 0.6) is 0 Å². The first-order valence-corrected chi connectivity index (χ1v) is 8.75. The van der Waals surface area contributed by atoms with Crippen LogP contribution in [0.2, 0.25) is 5.02 Å². The van der Waals surface area contributed by atoms with Gasteiger partial charge in [0.15, 0.2) is 0 Å². The fourth-order valence-electron chi connectivity index (χ4n) is 3.60. The summed E-state index contributed by atoms with van der Waals surface area (Å²) in [6, 6.07) is 7.96. The van der Waals surface area contributed by atoms with Gasteiger partial charge in [-0.3, -0.25) is 4.79 Å². The molecular formula is C18H25ClN2O. The number of carbonyl (C=O) groups is 1. The lowest BCUT2D eigenvalue weighted by molar-refractivity contribution is -0.134. The molecule has 1 saturated heterocycles. The van der Waals surface area contributed by atoms with Crippen LogP contribution >= 0.6 is 11.6 Å². The van der Waals surface area contributed by atoms with Gasteiger partial charge in [0.25, 0.3) is 0 Å². The zero-order valence-corrected chi connectivity index (χ0v) is 14.0. The molecule has 1 aromatic rings. The second-order valence-corrected chi connectivity index (χ2v) is 7.10. The molecule has 3 nitrogen and oxygen atoms in total. The minimum Gasteiger partial charge on any atom is -0.342 e. The highest BCUT2D eigenvalue weighted by Gasteiger charge is 2.46. The van der Waals surface area contributed by atoms with Crippen LogP contribution in [0.25, 0.3) is 0 Å². The average Bonchev–Trinajstić information content (AvgIpc) is 3.33. The van der Waals surface area contributed by atoms with Crippen LogP contribution in [0.15, 0.2) is 24.3 Å². The van der Waals surface area contributed by atoms with E-state index in [0.29, 0.717) is 11.8 Å². The van der Waals surface area contributed by atoms with Gasteiger partial charge in [-0.05, 0) is 68.8 Å². The topological polar surface area (TPSA) is 32.3 Å². The smallest absolute Gasteiger partial charge is 0.226 e. The van der Waals surface area contributed by atoms with Crippen molar-refractivity contribution < 1.29 is 4.79 Å². The Morgan fingerprint density at radius 2 is 2.14 bits per heavy atom. The SMILES string of the molecule is CNCCC1CCN(C(=O)C2CC2c2cccc(Cl)c2)CC1. The van der Waals surface area contributed by atoms with Crippen LogP contribution in [0.4, 0.5) is 0 Å². The number of rotatable bonds is 5. The Morgan fingerprint density at radius 3 is 2.82 bits per heavy atom. The summed E-state index contributed by atoms with van der Waals surface area (Å²) in [5.41, 5.74) is 1.22. The van der Waals surface area contributed by atoms with Crippen LogP contribution in [-0.2, 0) is 4.79 Å². The van der Waals surface area contributed by atoms with Crippen molar-refractivity contribution in [3.63, 3.8) is 0 Å². The second kappa shape index (κ2) is 7.01. The second-order valence-electron chi connectivity index (χ2n) is 6.66. The first kappa shape index (κ1) is 15.8. The lowest BCUT2D eigenvalue weighted by Gasteiger charge is -2.32. The van der Waals surface area contributed by atoms with E-state index in [-0.39, 0.29) is 5.92 Å². The molecule has 2 unspecified atom stereocenters. The molecule has 3 rings (SSSR count). The summed E-state index contributed by atoms with van der Waals surface area (Å²) in [6.07, 6.45) is 4.52. The third kappa shape index (κ3) is 3.64. The molecule has 2 atom stereocenters. The number of hydrogen-bond donors (Lipinski definition) is 1. The number of halogens is 1. The molecule has 120 valence electrons. The van der Waals surface area contributed by atoms with Crippen LogP contribution in [0, 0.1) is 11.8 Å². The number of hydrogen-bond acceptors (Lipinski definition) is 2. The number of nitrogens with zero attached hydrogens (tertiary/aromatic N) is 1. The van der Waals surface area contributed by atoms with Gasteiger partial charge in [-0.1, -0.05) is 23.7 Å². The van der Waals surface area contributed by atoms with Crippen molar-refractivity contribution in [1.29, 1.82) is 0 Å². The Kier molecular flexibility index (Phi) is 5.04. The number of amides is 1. The molecule has 0 bridgehead atoms. The van der Waals surface area contributed by atoms with E-state index in [9.17, 15) is 4.79 Å². The van der Waals surface area contributed by atoms with Crippen LogP contribution in [0.3, 0.4) is 0 Å². The summed E-state index contributed by atoms with van der Waals surface area (Å²) >= 11 is 6.05. The largest absolute Gasteiger partial charge is 0.342 e. The molecule has 0 radical (unpaired) electrons. The molecule has 1 N–H and O–H groups in total. The predicted octanol–water partition coefficient (Wildman–Crippen LogP) is 3.29. The fourth-order valence-corrected chi connectivity index (χ4v) is 3.80. The summed E-state index contributed by atoms with van der Waals surface area (Å²) < 4.78 is 0. The molecule has 0 aromatic heterocycles. The van der Waals surface area contributed by atoms with Gasteiger partial charge in [0.1, 0.15) is 0 Å². The highest BCUT2D eigenvalue weighted by Crippen LogP contribution is 2.49. The van der Waals surface area contributed by atoms with Crippen molar-refractivity contribution in [3.05, 3.63) is 34.9 Å². The standard InChI is InChI=1S/C18H25ClN2O/c1-20-8-5-13-6-9-21(10-7-13)18(22)17-12-16(17)14-3-2-4-15(19)11-14/h2-4,11,13,16-17,20H,5-10,12H2,1H3. The lowest BCUT2D eigenvalue weighted by atomic mass is 9.93. The Morgan fingerprint density at radius 1 is 1.36 bits per heavy atom. The maximum atomic E-state index is 12.6. The Bertz CT molecular complexity index is 526.